The molecule has 7 nitrogen and oxygen atoms in total. The molecule has 0 bridgehead atoms. The van der Waals surface area contributed by atoms with Gasteiger partial charge in [0.2, 0.25) is 0 Å². The Balaban J connectivity index is 1.85. The number of hydrogen-bond acceptors (Lipinski definition) is 6. The van der Waals surface area contributed by atoms with Crippen LogP contribution in [0.25, 0.3) is 0 Å². The van der Waals surface area contributed by atoms with E-state index in [-0.39, 0.29) is 23.5 Å². The van der Waals surface area contributed by atoms with E-state index in [0.717, 1.165) is 5.57 Å². The Kier molecular flexibility index (Phi) is 5.94. The standard InChI is InChI=1S/C18H19NO6/c1-4-16(17(5-2)23-3)12-10-15(11-12)25-18(20)24-14-8-6-13(7-9-14)19(21)22/h4-9,12,15H,1-2,10-11H2,3H3/b17-16-. The van der Waals surface area contributed by atoms with Crippen LogP contribution in [0.15, 0.2) is 60.9 Å². The van der Waals surface area contributed by atoms with Crippen LogP contribution in [0.3, 0.4) is 0 Å². The highest BCUT2D eigenvalue weighted by Gasteiger charge is 2.35. The van der Waals surface area contributed by atoms with Crippen LogP contribution in [0.1, 0.15) is 12.8 Å². The normalized spacial score (nSPS) is 19.7. The molecule has 0 radical (unpaired) electrons. The van der Waals surface area contributed by atoms with Crippen molar-refractivity contribution in [1.82, 2.24) is 0 Å². The number of hydrogen-bond donors (Lipinski definition) is 0. The molecule has 1 aliphatic carbocycles. The Morgan fingerprint density at radius 1 is 1.24 bits per heavy atom. The molecule has 1 aromatic rings. The molecule has 0 spiro atoms. The molecule has 132 valence electrons. The van der Waals surface area contributed by atoms with Crippen molar-refractivity contribution in [2.24, 2.45) is 5.92 Å². The van der Waals surface area contributed by atoms with E-state index in [1.54, 1.807) is 19.3 Å². The van der Waals surface area contributed by atoms with Crippen LogP contribution in [0, 0.1) is 16.0 Å². The average molecular weight is 345 g/mol. The highest BCUT2D eigenvalue weighted by molar-refractivity contribution is 5.64. The van der Waals surface area contributed by atoms with Gasteiger partial charge in [0.1, 0.15) is 17.6 Å². The first-order valence-electron chi connectivity index (χ1n) is 7.64. The molecule has 0 aromatic heterocycles. The number of nitro groups is 1. The first-order chi connectivity index (χ1) is 12.0. The number of nitro benzene ring substituents is 1. The van der Waals surface area contributed by atoms with Gasteiger partial charge in [-0.15, -0.1) is 0 Å². The van der Waals surface area contributed by atoms with Crippen molar-refractivity contribution in [3.8, 4) is 5.75 Å². The van der Waals surface area contributed by atoms with Gasteiger partial charge in [-0.3, -0.25) is 10.1 Å². The zero-order valence-corrected chi connectivity index (χ0v) is 13.8. The fraction of sp³-hybridized carbons (Fsp3) is 0.278. The number of ether oxygens (including phenoxy) is 3. The minimum atomic E-state index is -0.836. The van der Waals surface area contributed by atoms with E-state index in [9.17, 15) is 14.9 Å². The van der Waals surface area contributed by atoms with Gasteiger partial charge in [-0.2, -0.15) is 0 Å². The van der Waals surface area contributed by atoms with Crippen molar-refractivity contribution in [3.05, 3.63) is 71.0 Å². The second-order valence-electron chi connectivity index (χ2n) is 5.44. The molecular weight excluding hydrogens is 326 g/mol. The van der Waals surface area contributed by atoms with Gasteiger partial charge >= 0.3 is 6.16 Å². The predicted octanol–water partition coefficient (Wildman–Crippen LogP) is 4.16. The number of benzene rings is 1. The minimum absolute atomic E-state index is 0.0811. The molecule has 0 unspecified atom stereocenters. The number of non-ortho nitro benzene ring substituents is 1. The molecular formula is C18H19NO6. The van der Waals surface area contributed by atoms with Crippen LogP contribution in [0.4, 0.5) is 10.5 Å². The third-order valence-electron chi connectivity index (χ3n) is 3.96. The molecule has 7 heteroatoms. The lowest BCUT2D eigenvalue weighted by atomic mass is 9.76. The summed E-state index contributed by atoms with van der Waals surface area (Å²) in [5.74, 6) is 1.03. The van der Waals surface area contributed by atoms with E-state index in [0.29, 0.717) is 18.6 Å². The Labute approximate surface area is 145 Å². The summed E-state index contributed by atoms with van der Waals surface area (Å²) in [6, 6.07) is 5.20. The average Bonchev–Trinajstić information content (AvgIpc) is 2.56. The van der Waals surface area contributed by atoms with Crippen molar-refractivity contribution in [2.45, 2.75) is 18.9 Å². The maximum Gasteiger partial charge on any atom is 0.514 e. The number of carbonyl (C=O) groups is 1. The van der Waals surface area contributed by atoms with Gasteiger partial charge in [0.15, 0.2) is 0 Å². The summed E-state index contributed by atoms with van der Waals surface area (Å²) >= 11 is 0. The third kappa shape index (κ3) is 4.47. The van der Waals surface area contributed by atoms with Gasteiger partial charge in [0.25, 0.3) is 5.69 Å². The van der Waals surface area contributed by atoms with Gasteiger partial charge in [0, 0.05) is 12.1 Å². The quantitative estimate of drug-likeness (QED) is 0.184. The smallest absolute Gasteiger partial charge is 0.496 e. The fourth-order valence-electron chi connectivity index (χ4n) is 2.60. The molecule has 1 saturated carbocycles. The largest absolute Gasteiger partial charge is 0.514 e. The van der Waals surface area contributed by atoms with Crippen LogP contribution >= 0.6 is 0 Å². The van der Waals surface area contributed by atoms with Gasteiger partial charge in [0.05, 0.1) is 12.0 Å². The van der Waals surface area contributed by atoms with E-state index in [2.05, 4.69) is 13.2 Å². The predicted molar refractivity (Wildman–Crippen MR) is 91.1 cm³/mol. The van der Waals surface area contributed by atoms with Crippen LogP contribution in [-0.2, 0) is 9.47 Å². The molecule has 0 saturated heterocycles. The lowest BCUT2D eigenvalue weighted by Crippen LogP contribution is -2.35. The molecule has 1 aliphatic rings. The highest BCUT2D eigenvalue weighted by atomic mass is 16.7. The topological polar surface area (TPSA) is 87.9 Å². The summed E-state index contributed by atoms with van der Waals surface area (Å²) in [6.07, 6.45) is 3.52. The van der Waals surface area contributed by atoms with Gasteiger partial charge in [-0.25, -0.2) is 4.79 Å². The van der Waals surface area contributed by atoms with Gasteiger partial charge in [-0.1, -0.05) is 19.2 Å². The van der Waals surface area contributed by atoms with Crippen LogP contribution < -0.4 is 4.74 Å². The van der Waals surface area contributed by atoms with E-state index >= 15 is 0 Å². The molecule has 0 atom stereocenters. The lowest BCUT2D eigenvalue weighted by molar-refractivity contribution is -0.384. The van der Waals surface area contributed by atoms with Gasteiger partial charge in [-0.05, 0) is 42.5 Å². The SMILES string of the molecule is C=C/C(OC)=C(\C=C)C1CC(OC(=O)Oc2ccc([N+](=O)[O-])cc2)C1. The fourth-order valence-corrected chi connectivity index (χ4v) is 2.60. The first-order valence-corrected chi connectivity index (χ1v) is 7.64. The van der Waals surface area contributed by atoms with Crippen molar-refractivity contribution in [1.29, 1.82) is 0 Å². The molecule has 0 amide bonds. The zero-order valence-electron chi connectivity index (χ0n) is 13.8. The Bertz CT molecular complexity index is 701. The van der Waals surface area contributed by atoms with E-state index < -0.39 is 11.1 Å². The maximum absolute atomic E-state index is 11.8. The van der Waals surface area contributed by atoms with Crippen molar-refractivity contribution in [2.75, 3.05) is 7.11 Å². The molecule has 0 aliphatic heterocycles. The Hall–Kier alpha value is -3.09. The van der Waals surface area contributed by atoms with Crippen LogP contribution in [-0.4, -0.2) is 24.3 Å². The summed E-state index contributed by atoms with van der Waals surface area (Å²) < 4.78 is 15.5. The maximum atomic E-state index is 11.8. The number of rotatable bonds is 7. The zero-order chi connectivity index (χ0) is 18.4. The summed E-state index contributed by atoms with van der Waals surface area (Å²) in [5, 5.41) is 10.6. The number of methoxy groups -OCH3 is 1. The summed E-state index contributed by atoms with van der Waals surface area (Å²) in [4.78, 5) is 21.8. The van der Waals surface area contributed by atoms with Crippen molar-refractivity contribution < 1.29 is 23.9 Å². The summed E-state index contributed by atoms with van der Waals surface area (Å²) in [7, 11) is 1.56. The second-order valence-corrected chi connectivity index (χ2v) is 5.44. The molecule has 0 N–H and O–H groups in total. The van der Waals surface area contributed by atoms with Crippen molar-refractivity contribution in [3.63, 3.8) is 0 Å². The van der Waals surface area contributed by atoms with Crippen LogP contribution in [0.5, 0.6) is 5.75 Å². The number of carbonyl (C=O) groups excluding carboxylic acids is 1. The number of nitrogens with zero attached hydrogens (tertiary/aromatic N) is 1. The summed E-state index contributed by atoms with van der Waals surface area (Å²) in [5.41, 5.74) is 0.851. The first kappa shape index (κ1) is 18.3. The Morgan fingerprint density at radius 2 is 1.88 bits per heavy atom. The molecule has 25 heavy (non-hydrogen) atoms. The van der Waals surface area contributed by atoms with Crippen molar-refractivity contribution >= 4 is 11.8 Å². The van der Waals surface area contributed by atoms with E-state index in [1.165, 1.54) is 24.3 Å². The molecule has 1 aromatic carbocycles. The Morgan fingerprint density at radius 3 is 2.36 bits per heavy atom. The monoisotopic (exact) mass is 345 g/mol. The number of allylic oxidation sites excluding steroid dienone is 3. The molecule has 0 heterocycles. The molecule has 2 rings (SSSR count). The second kappa shape index (κ2) is 8.14. The molecule has 1 fully saturated rings. The lowest BCUT2D eigenvalue weighted by Gasteiger charge is -2.35. The van der Waals surface area contributed by atoms with Gasteiger partial charge < -0.3 is 14.2 Å². The van der Waals surface area contributed by atoms with Crippen LogP contribution in [0.2, 0.25) is 0 Å². The van der Waals surface area contributed by atoms with E-state index in [4.69, 9.17) is 14.2 Å². The minimum Gasteiger partial charge on any atom is -0.496 e. The third-order valence-corrected chi connectivity index (χ3v) is 3.96. The highest BCUT2D eigenvalue weighted by Crippen LogP contribution is 2.38. The van der Waals surface area contributed by atoms with E-state index in [1.807, 2.05) is 0 Å². The summed E-state index contributed by atoms with van der Waals surface area (Å²) in [6.45, 7) is 7.47.